The molecule has 104 valence electrons. The first kappa shape index (κ1) is 14.6. The molecule has 0 bridgehead atoms. The maximum atomic E-state index is 12.2. The minimum absolute atomic E-state index is 0.154. The molecule has 2 rings (SSSR count). The Hall–Kier alpha value is -1.81. The molecule has 2 aromatic rings. The van der Waals surface area contributed by atoms with Crippen LogP contribution in [0, 0.1) is 0 Å². The molecule has 0 saturated carbocycles. The van der Waals surface area contributed by atoms with Gasteiger partial charge in [-0.15, -0.1) is 0 Å². The van der Waals surface area contributed by atoms with Gasteiger partial charge in [0.25, 0.3) is 5.91 Å². The summed E-state index contributed by atoms with van der Waals surface area (Å²) in [6, 6.07) is 14.7. The van der Waals surface area contributed by atoms with Crippen LogP contribution in [-0.4, -0.2) is 12.5 Å². The van der Waals surface area contributed by atoms with Crippen LogP contribution in [0.1, 0.15) is 23.7 Å². The molecular formula is C16H16BrNO2. The molecule has 0 spiro atoms. The standard InChI is InChI=1S/C16H16BrNO2/c1-2-10-20-15-9-4-3-8-14(15)18-16(19)12-6-5-7-13(17)11-12/h3-9,11H,2,10H2,1H3,(H,18,19). The van der Waals surface area contributed by atoms with Gasteiger partial charge in [-0.3, -0.25) is 4.79 Å². The van der Waals surface area contributed by atoms with Gasteiger partial charge in [0.15, 0.2) is 0 Å². The van der Waals surface area contributed by atoms with Crippen molar-refractivity contribution >= 4 is 27.5 Å². The van der Waals surface area contributed by atoms with E-state index in [2.05, 4.69) is 21.2 Å². The number of hydrogen-bond acceptors (Lipinski definition) is 2. The van der Waals surface area contributed by atoms with Gasteiger partial charge in [0.2, 0.25) is 0 Å². The molecule has 1 N–H and O–H groups in total. The second-order valence-corrected chi connectivity index (χ2v) is 5.22. The second kappa shape index (κ2) is 7.10. The van der Waals surface area contributed by atoms with Crippen molar-refractivity contribution in [3.63, 3.8) is 0 Å². The highest BCUT2D eigenvalue weighted by Gasteiger charge is 2.09. The van der Waals surface area contributed by atoms with Crippen LogP contribution in [0.3, 0.4) is 0 Å². The number of halogens is 1. The van der Waals surface area contributed by atoms with Crippen molar-refractivity contribution < 1.29 is 9.53 Å². The molecule has 0 fully saturated rings. The number of anilines is 1. The van der Waals surface area contributed by atoms with Crippen molar-refractivity contribution in [1.29, 1.82) is 0 Å². The Morgan fingerprint density at radius 1 is 1.20 bits per heavy atom. The van der Waals surface area contributed by atoms with E-state index in [1.54, 1.807) is 12.1 Å². The second-order valence-electron chi connectivity index (χ2n) is 4.31. The Balaban J connectivity index is 2.15. The molecule has 0 atom stereocenters. The van der Waals surface area contributed by atoms with Crippen molar-refractivity contribution in [2.45, 2.75) is 13.3 Å². The lowest BCUT2D eigenvalue weighted by atomic mass is 10.2. The fraction of sp³-hybridized carbons (Fsp3) is 0.188. The number of ether oxygens (including phenoxy) is 1. The Morgan fingerprint density at radius 2 is 2.00 bits per heavy atom. The van der Waals surface area contributed by atoms with E-state index in [0.29, 0.717) is 23.6 Å². The minimum Gasteiger partial charge on any atom is -0.491 e. The van der Waals surface area contributed by atoms with Crippen molar-refractivity contribution in [2.24, 2.45) is 0 Å². The number of rotatable bonds is 5. The summed E-state index contributed by atoms with van der Waals surface area (Å²) in [6.45, 7) is 2.67. The van der Waals surface area contributed by atoms with Gasteiger partial charge >= 0.3 is 0 Å². The molecule has 4 heteroatoms. The minimum atomic E-state index is -0.154. The average Bonchev–Trinajstić information content (AvgIpc) is 2.46. The molecule has 0 aliphatic carbocycles. The molecule has 0 aliphatic heterocycles. The monoisotopic (exact) mass is 333 g/mol. The summed E-state index contributed by atoms with van der Waals surface area (Å²) in [5.74, 6) is 0.538. The van der Waals surface area contributed by atoms with Gasteiger partial charge in [0, 0.05) is 10.0 Å². The lowest BCUT2D eigenvalue weighted by molar-refractivity contribution is 0.102. The predicted molar refractivity (Wildman–Crippen MR) is 84.3 cm³/mol. The van der Waals surface area contributed by atoms with Crippen LogP contribution in [0.2, 0.25) is 0 Å². The fourth-order valence-corrected chi connectivity index (χ4v) is 2.13. The van der Waals surface area contributed by atoms with Crippen LogP contribution in [0.5, 0.6) is 5.75 Å². The number of para-hydroxylation sites is 2. The van der Waals surface area contributed by atoms with Crippen LogP contribution in [0.15, 0.2) is 53.0 Å². The van der Waals surface area contributed by atoms with Gasteiger partial charge in [0.1, 0.15) is 5.75 Å². The zero-order chi connectivity index (χ0) is 14.4. The van der Waals surface area contributed by atoms with Gasteiger partial charge in [-0.2, -0.15) is 0 Å². The highest BCUT2D eigenvalue weighted by molar-refractivity contribution is 9.10. The van der Waals surface area contributed by atoms with E-state index in [0.717, 1.165) is 10.9 Å². The zero-order valence-electron chi connectivity index (χ0n) is 11.2. The summed E-state index contributed by atoms with van der Waals surface area (Å²) in [6.07, 6.45) is 0.925. The molecule has 0 unspecified atom stereocenters. The summed E-state index contributed by atoms with van der Waals surface area (Å²) >= 11 is 3.36. The highest BCUT2D eigenvalue weighted by atomic mass is 79.9. The first-order valence-corrected chi connectivity index (χ1v) is 7.28. The summed E-state index contributed by atoms with van der Waals surface area (Å²) in [5.41, 5.74) is 1.29. The lowest BCUT2D eigenvalue weighted by Crippen LogP contribution is -2.13. The van der Waals surface area contributed by atoms with Gasteiger partial charge in [-0.1, -0.05) is 41.1 Å². The maximum Gasteiger partial charge on any atom is 0.255 e. The van der Waals surface area contributed by atoms with Crippen molar-refractivity contribution in [3.8, 4) is 5.75 Å². The molecular weight excluding hydrogens is 318 g/mol. The van der Waals surface area contributed by atoms with E-state index in [-0.39, 0.29) is 5.91 Å². The van der Waals surface area contributed by atoms with Crippen LogP contribution in [0.25, 0.3) is 0 Å². The number of carbonyl (C=O) groups excluding carboxylic acids is 1. The van der Waals surface area contributed by atoms with Crippen LogP contribution in [-0.2, 0) is 0 Å². The Kier molecular flexibility index (Phi) is 5.18. The van der Waals surface area contributed by atoms with Gasteiger partial charge in [-0.25, -0.2) is 0 Å². The predicted octanol–water partition coefficient (Wildman–Crippen LogP) is 4.49. The molecule has 20 heavy (non-hydrogen) atoms. The van der Waals surface area contributed by atoms with E-state index in [1.807, 2.05) is 43.3 Å². The number of hydrogen-bond donors (Lipinski definition) is 1. The van der Waals surface area contributed by atoms with Gasteiger partial charge < -0.3 is 10.1 Å². The van der Waals surface area contributed by atoms with Crippen LogP contribution in [0.4, 0.5) is 5.69 Å². The van der Waals surface area contributed by atoms with Gasteiger partial charge in [-0.05, 0) is 36.8 Å². The quantitative estimate of drug-likeness (QED) is 0.875. The van der Waals surface area contributed by atoms with Crippen LogP contribution >= 0.6 is 15.9 Å². The Bertz CT molecular complexity index is 599. The Morgan fingerprint density at radius 3 is 2.75 bits per heavy atom. The summed E-state index contributed by atoms with van der Waals surface area (Å²) in [7, 11) is 0. The number of amides is 1. The zero-order valence-corrected chi connectivity index (χ0v) is 12.8. The van der Waals surface area contributed by atoms with Crippen LogP contribution < -0.4 is 10.1 Å². The molecule has 1 amide bonds. The normalized spacial score (nSPS) is 10.1. The SMILES string of the molecule is CCCOc1ccccc1NC(=O)c1cccc(Br)c1. The molecule has 0 saturated heterocycles. The number of nitrogens with one attached hydrogen (secondary N) is 1. The average molecular weight is 334 g/mol. The summed E-state index contributed by atoms with van der Waals surface area (Å²) in [5, 5.41) is 2.88. The third kappa shape index (κ3) is 3.84. The van der Waals surface area contributed by atoms with E-state index < -0.39 is 0 Å². The van der Waals surface area contributed by atoms with E-state index in [9.17, 15) is 4.79 Å². The van der Waals surface area contributed by atoms with E-state index in [1.165, 1.54) is 0 Å². The third-order valence-corrected chi connectivity index (χ3v) is 3.18. The lowest BCUT2D eigenvalue weighted by Gasteiger charge is -2.12. The molecule has 2 aromatic carbocycles. The number of benzene rings is 2. The fourth-order valence-electron chi connectivity index (χ4n) is 1.73. The molecule has 0 radical (unpaired) electrons. The Labute approximate surface area is 127 Å². The largest absolute Gasteiger partial charge is 0.491 e. The first-order chi connectivity index (χ1) is 9.70. The summed E-state index contributed by atoms with van der Waals surface area (Å²) in [4.78, 5) is 12.2. The first-order valence-electron chi connectivity index (χ1n) is 6.49. The van der Waals surface area contributed by atoms with E-state index >= 15 is 0 Å². The topological polar surface area (TPSA) is 38.3 Å². The van der Waals surface area contributed by atoms with E-state index in [4.69, 9.17) is 4.74 Å². The van der Waals surface area contributed by atoms with Crippen molar-refractivity contribution in [3.05, 3.63) is 58.6 Å². The summed E-state index contributed by atoms with van der Waals surface area (Å²) < 4.78 is 6.50. The smallest absolute Gasteiger partial charge is 0.255 e. The van der Waals surface area contributed by atoms with Crippen molar-refractivity contribution in [2.75, 3.05) is 11.9 Å². The number of carbonyl (C=O) groups is 1. The third-order valence-electron chi connectivity index (χ3n) is 2.68. The molecule has 0 aliphatic rings. The molecule has 0 heterocycles. The highest BCUT2D eigenvalue weighted by Crippen LogP contribution is 2.24. The maximum absolute atomic E-state index is 12.2. The van der Waals surface area contributed by atoms with Gasteiger partial charge in [0.05, 0.1) is 12.3 Å². The molecule has 0 aromatic heterocycles. The molecule has 3 nitrogen and oxygen atoms in total. The van der Waals surface area contributed by atoms with Crippen molar-refractivity contribution in [1.82, 2.24) is 0 Å².